The van der Waals surface area contributed by atoms with E-state index in [1.807, 2.05) is 14.0 Å². The van der Waals surface area contributed by atoms with Crippen molar-refractivity contribution in [2.45, 2.75) is 26.3 Å². The number of aliphatic imine (C=N–C) groups is 1. The molecule has 1 aromatic rings. The highest BCUT2D eigenvalue weighted by Crippen LogP contribution is 2.19. The van der Waals surface area contributed by atoms with Gasteiger partial charge in [-0.2, -0.15) is 0 Å². The Hall–Kier alpha value is -0.940. The molecule has 1 aromatic heterocycles. The Morgan fingerprint density at radius 3 is 2.84 bits per heavy atom. The number of rotatable bonds is 5. The summed E-state index contributed by atoms with van der Waals surface area (Å²) >= 11 is 0. The van der Waals surface area contributed by atoms with Crippen LogP contribution >= 0.6 is 24.0 Å². The van der Waals surface area contributed by atoms with Gasteiger partial charge in [0.15, 0.2) is 5.96 Å². The van der Waals surface area contributed by atoms with Crippen molar-refractivity contribution in [2.24, 2.45) is 10.9 Å². The molecule has 1 unspecified atom stereocenters. The summed E-state index contributed by atoms with van der Waals surface area (Å²) in [4.78, 5) is 6.74. The summed E-state index contributed by atoms with van der Waals surface area (Å²) in [6.45, 7) is 9.61. The maximum atomic E-state index is 5.37. The number of aromatic nitrogens is 3. The van der Waals surface area contributed by atoms with Crippen molar-refractivity contribution in [3.8, 4) is 0 Å². The molecular weight excluding hydrogens is 433 g/mol. The smallest absolute Gasteiger partial charge is 0.191 e. The first-order valence-corrected chi connectivity index (χ1v) is 8.89. The minimum absolute atomic E-state index is 0. The molecule has 9 heteroatoms. The van der Waals surface area contributed by atoms with E-state index in [0.29, 0.717) is 5.92 Å². The molecule has 0 aromatic carbocycles. The van der Waals surface area contributed by atoms with Crippen LogP contribution in [0.1, 0.15) is 18.1 Å². The van der Waals surface area contributed by atoms with Crippen LogP contribution in [0.3, 0.4) is 0 Å². The second-order valence-corrected chi connectivity index (χ2v) is 6.51. The SMILES string of the molecule is CN=C(NCCN1CCOCC1)NCC1CCc2nnc(C)n2C1.I. The Kier molecular flexibility index (Phi) is 8.37. The Bertz CT molecular complexity index is 557. The maximum Gasteiger partial charge on any atom is 0.191 e. The Balaban J connectivity index is 0.00000225. The fraction of sp³-hybridized carbons (Fsp3) is 0.812. The molecule has 2 aliphatic rings. The number of halogens is 1. The Morgan fingerprint density at radius 1 is 1.28 bits per heavy atom. The van der Waals surface area contributed by atoms with Gasteiger partial charge < -0.3 is 19.9 Å². The van der Waals surface area contributed by atoms with Crippen LogP contribution in [0.5, 0.6) is 0 Å². The van der Waals surface area contributed by atoms with Crippen LogP contribution in [0.15, 0.2) is 4.99 Å². The highest BCUT2D eigenvalue weighted by molar-refractivity contribution is 14.0. The van der Waals surface area contributed by atoms with Gasteiger partial charge >= 0.3 is 0 Å². The van der Waals surface area contributed by atoms with Crippen molar-refractivity contribution in [1.82, 2.24) is 30.3 Å². The molecule has 0 aliphatic carbocycles. The largest absolute Gasteiger partial charge is 0.379 e. The van der Waals surface area contributed by atoms with E-state index in [-0.39, 0.29) is 24.0 Å². The van der Waals surface area contributed by atoms with Gasteiger partial charge in [-0.3, -0.25) is 9.89 Å². The Morgan fingerprint density at radius 2 is 2.08 bits per heavy atom. The molecular formula is C16H30IN7O. The number of ether oxygens (including phenoxy) is 1. The zero-order valence-electron chi connectivity index (χ0n) is 15.2. The van der Waals surface area contributed by atoms with Crippen molar-refractivity contribution in [3.63, 3.8) is 0 Å². The quantitative estimate of drug-likeness (QED) is 0.371. The molecule has 2 N–H and O–H groups in total. The molecule has 2 aliphatic heterocycles. The van der Waals surface area contributed by atoms with Crippen LogP contribution in [0.4, 0.5) is 0 Å². The number of nitrogens with zero attached hydrogens (tertiary/aromatic N) is 5. The topological polar surface area (TPSA) is 79.6 Å². The highest BCUT2D eigenvalue weighted by atomic mass is 127. The van der Waals surface area contributed by atoms with E-state index in [0.717, 1.165) is 82.9 Å². The zero-order valence-corrected chi connectivity index (χ0v) is 17.5. The minimum Gasteiger partial charge on any atom is -0.379 e. The van der Waals surface area contributed by atoms with Crippen molar-refractivity contribution >= 4 is 29.9 Å². The first-order chi connectivity index (χ1) is 11.8. The first kappa shape index (κ1) is 20.4. The monoisotopic (exact) mass is 463 g/mol. The number of fused-ring (bicyclic) bond motifs is 1. The van der Waals surface area contributed by atoms with Gasteiger partial charge in [-0.15, -0.1) is 34.2 Å². The molecule has 0 spiro atoms. The molecule has 1 saturated heterocycles. The van der Waals surface area contributed by atoms with E-state index in [2.05, 4.69) is 35.3 Å². The average molecular weight is 463 g/mol. The van der Waals surface area contributed by atoms with Gasteiger partial charge in [0.25, 0.3) is 0 Å². The summed E-state index contributed by atoms with van der Waals surface area (Å²) in [6, 6.07) is 0. The van der Waals surface area contributed by atoms with E-state index in [9.17, 15) is 0 Å². The van der Waals surface area contributed by atoms with Crippen LogP contribution in [0, 0.1) is 12.8 Å². The second kappa shape index (κ2) is 10.3. The fourth-order valence-electron chi connectivity index (χ4n) is 3.32. The summed E-state index contributed by atoms with van der Waals surface area (Å²) in [5, 5.41) is 15.3. The second-order valence-electron chi connectivity index (χ2n) is 6.51. The van der Waals surface area contributed by atoms with Crippen molar-refractivity contribution in [1.29, 1.82) is 0 Å². The van der Waals surface area contributed by atoms with E-state index in [1.165, 1.54) is 0 Å². The molecule has 0 radical (unpaired) electrons. The molecule has 8 nitrogen and oxygen atoms in total. The summed E-state index contributed by atoms with van der Waals surface area (Å²) in [7, 11) is 1.83. The van der Waals surface area contributed by atoms with Crippen LogP contribution in [0.25, 0.3) is 0 Å². The third kappa shape index (κ3) is 5.78. The number of aryl methyl sites for hydroxylation is 2. The van der Waals surface area contributed by atoms with Crippen LogP contribution in [0.2, 0.25) is 0 Å². The molecule has 142 valence electrons. The summed E-state index contributed by atoms with van der Waals surface area (Å²) in [5.41, 5.74) is 0. The summed E-state index contributed by atoms with van der Waals surface area (Å²) in [5.74, 6) is 3.61. The van der Waals surface area contributed by atoms with Crippen LogP contribution in [-0.4, -0.2) is 78.6 Å². The Labute approximate surface area is 166 Å². The predicted molar refractivity (Wildman–Crippen MR) is 109 cm³/mol. The number of nitrogens with one attached hydrogen (secondary N) is 2. The number of hydrogen-bond acceptors (Lipinski definition) is 5. The van der Waals surface area contributed by atoms with Crippen LogP contribution < -0.4 is 10.6 Å². The lowest BCUT2D eigenvalue weighted by Crippen LogP contribution is -2.45. The van der Waals surface area contributed by atoms with Gasteiger partial charge in [0.1, 0.15) is 11.6 Å². The summed E-state index contributed by atoms with van der Waals surface area (Å²) in [6.07, 6.45) is 2.16. The molecule has 0 saturated carbocycles. The van der Waals surface area contributed by atoms with Crippen LogP contribution in [-0.2, 0) is 17.7 Å². The van der Waals surface area contributed by atoms with Gasteiger partial charge in [-0.25, -0.2) is 0 Å². The first-order valence-electron chi connectivity index (χ1n) is 8.89. The number of guanidine groups is 1. The standard InChI is InChI=1S/C16H29N7O.HI/c1-13-20-21-15-4-3-14(12-23(13)15)11-19-16(17-2)18-5-6-22-7-9-24-10-8-22;/h14H,3-12H2,1-2H3,(H2,17,18,19);1H. The molecule has 3 rings (SSSR count). The average Bonchev–Trinajstić information content (AvgIpc) is 2.99. The number of hydrogen-bond donors (Lipinski definition) is 2. The predicted octanol–water partition coefficient (Wildman–Crippen LogP) is 0.264. The summed E-state index contributed by atoms with van der Waals surface area (Å²) < 4.78 is 7.61. The third-order valence-electron chi connectivity index (χ3n) is 4.84. The third-order valence-corrected chi connectivity index (χ3v) is 4.84. The van der Waals surface area contributed by atoms with E-state index in [1.54, 1.807) is 0 Å². The van der Waals surface area contributed by atoms with Crippen molar-refractivity contribution in [2.75, 3.05) is 53.0 Å². The zero-order chi connectivity index (χ0) is 16.8. The molecule has 0 bridgehead atoms. The van der Waals surface area contributed by atoms with E-state index < -0.39 is 0 Å². The molecule has 3 heterocycles. The lowest BCUT2D eigenvalue weighted by Gasteiger charge is -2.27. The van der Waals surface area contributed by atoms with E-state index in [4.69, 9.17) is 4.74 Å². The van der Waals surface area contributed by atoms with Gasteiger partial charge in [0.05, 0.1) is 13.2 Å². The normalized spacial score (nSPS) is 21.4. The van der Waals surface area contributed by atoms with E-state index >= 15 is 0 Å². The van der Waals surface area contributed by atoms with Gasteiger partial charge in [-0.1, -0.05) is 0 Å². The molecule has 25 heavy (non-hydrogen) atoms. The minimum atomic E-state index is 0. The van der Waals surface area contributed by atoms with Gasteiger partial charge in [0, 0.05) is 52.7 Å². The molecule has 1 atom stereocenters. The maximum absolute atomic E-state index is 5.37. The lowest BCUT2D eigenvalue weighted by atomic mass is 9.99. The number of morpholine rings is 1. The molecule has 1 fully saturated rings. The highest BCUT2D eigenvalue weighted by Gasteiger charge is 2.21. The molecule has 0 amide bonds. The van der Waals surface area contributed by atoms with Gasteiger partial charge in [0.2, 0.25) is 0 Å². The van der Waals surface area contributed by atoms with Gasteiger partial charge in [-0.05, 0) is 19.3 Å². The van der Waals surface area contributed by atoms with Crippen molar-refractivity contribution < 1.29 is 4.74 Å². The lowest BCUT2D eigenvalue weighted by molar-refractivity contribution is 0.0389. The fourth-order valence-corrected chi connectivity index (χ4v) is 3.32. The van der Waals surface area contributed by atoms with Crippen molar-refractivity contribution in [3.05, 3.63) is 11.6 Å².